The van der Waals surface area contributed by atoms with Gasteiger partial charge in [-0.3, -0.25) is 4.79 Å². The molecule has 2 saturated heterocycles. The number of hydrogen-bond acceptors (Lipinski definition) is 11. The van der Waals surface area contributed by atoms with E-state index in [1.807, 2.05) is 0 Å². The molecular weight excluding hydrogens is 448 g/mol. The summed E-state index contributed by atoms with van der Waals surface area (Å²) in [5.41, 5.74) is -0.964. The van der Waals surface area contributed by atoms with Crippen molar-refractivity contribution < 1.29 is 41.8 Å². The number of alkyl halides is 1. The highest BCUT2D eigenvalue weighted by molar-refractivity contribution is 7.93. The van der Waals surface area contributed by atoms with Gasteiger partial charge in [0.05, 0.1) is 27.2 Å². The summed E-state index contributed by atoms with van der Waals surface area (Å²) in [6.45, 7) is 0.612. The van der Waals surface area contributed by atoms with Crippen molar-refractivity contribution in [2.75, 3.05) is 20.3 Å². The summed E-state index contributed by atoms with van der Waals surface area (Å²) < 4.78 is 39.2. The minimum absolute atomic E-state index is 0.294. The lowest BCUT2D eigenvalue weighted by Crippen LogP contribution is -2.58. The number of aromatic nitrogens is 3. The van der Waals surface area contributed by atoms with Crippen LogP contribution in [0.15, 0.2) is 0 Å². The first-order valence-electron chi connectivity index (χ1n) is 8.42. The molecule has 164 valence electrons. The second-order valence-corrected chi connectivity index (χ2v) is 9.50. The van der Waals surface area contributed by atoms with Gasteiger partial charge >= 0.3 is 17.9 Å². The quantitative estimate of drug-likeness (QED) is 0.213. The molecular formula is C15H17ClN4O9S. The SMILES string of the molecule is COC(=O)c1nnn(C[C@@]2(C)[C@H](C(=O)OCCl)N3C(=O)C[C@@H]3S2(=O)=O)c1C(=O)OC. The van der Waals surface area contributed by atoms with Crippen LogP contribution < -0.4 is 0 Å². The van der Waals surface area contributed by atoms with Gasteiger partial charge in [0.15, 0.2) is 27.6 Å². The van der Waals surface area contributed by atoms with Gasteiger partial charge in [0.2, 0.25) is 11.6 Å². The third kappa shape index (κ3) is 2.93. The number of β-lactam (4-membered cyclic amide) rings is 1. The highest BCUT2D eigenvalue weighted by atomic mass is 35.5. The Labute approximate surface area is 175 Å². The van der Waals surface area contributed by atoms with Crippen LogP contribution in [-0.4, -0.2) is 88.6 Å². The largest absolute Gasteiger partial charge is 0.464 e. The summed E-state index contributed by atoms with van der Waals surface area (Å²) in [5.74, 6) is -3.61. The van der Waals surface area contributed by atoms with Crippen molar-refractivity contribution in [2.45, 2.75) is 36.1 Å². The lowest BCUT2D eigenvalue weighted by molar-refractivity contribution is -0.160. The molecule has 3 atom stereocenters. The van der Waals surface area contributed by atoms with Gasteiger partial charge in [-0.2, -0.15) is 0 Å². The molecule has 0 N–H and O–H groups in total. The Morgan fingerprint density at radius 1 is 1.23 bits per heavy atom. The van der Waals surface area contributed by atoms with Crippen molar-refractivity contribution in [3.05, 3.63) is 11.4 Å². The summed E-state index contributed by atoms with van der Waals surface area (Å²) in [7, 11) is -2.04. The highest BCUT2D eigenvalue weighted by Gasteiger charge is 2.70. The zero-order valence-electron chi connectivity index (χ0n) is 16.0. The van der Waals surface area contributed by atoms with E-state index in [-0.39, 0.29) is 6.42 Å². The van der Waals surface area contributed by atoms with Crippen LogP contribution in [0.25, 0.3) is 0 Å². The van der Waals surface area contributed by atoms with Crippen molar-refractivity contribution in [3.8, 4) is 0 Å². The number of carbonyl (C=O) groups is 4. The predicted molar refractivity (Wildman–Crippen MR) is 95.9 cm³/mol. The lowest BCUT2D eigenvalue weighted by Gasteiger charge is -2.36. The predicted octanol–water partition coefficient (Wildman–Crippen LogP) is -1.30. The molecule has 0 bridgehead atoms. The first kappa shape index (κ1) is 22.0. The first-order valence-corrected chi connectivity index (χ1v) is 10.5. The Morgan fingerprint density at radius 3 is 2.40 bits per heavy atom. The zero-order valence-corrected chi connectivity index (χ0v) is 17.6. The summed E-state index contributed by atoms with van der Waals surface area (Å²) in [6, 6.07) is -2.09. The van der Waals surface area contributed by atoms with Crippen molar-refractivity contribution in [1.29, 1.82) is 0 Å². The molecule has 13 nitrogen and oxygen atoms in total. The Morgan fingerprint density at radius 2 is 1.87 bits per heavy atom. The van der Waals surface area contributed by atoms with Crippen LogP contribution in [0.3, 0.4) is 0 Å². The van der Waals surface area contributed by atoms with Gasteiger partial charge in [-0.1, -0.05) is 16.8 Å². The summed E-state index contributed by atoms with van der Waals surface area (Å²) in [4.78, 5) is 49.7. The maximum Gasteiger partial charge on any atom is 0.361 e. The van der Waals surface area contributed by atoms with Crippen molar-refractivity contribution in [2.24, 2.45) is 0 Å². The molecule has 0 radical (unpaired) electrons. The average Bonchev–Trinajstić information content (AvgIpc) is 3.16. The van der Waals surface area contributed by atoms with Gasteiger partial charge in [-0.05, 0) is 6.92 Å². The van der Waals surface area contributed by atoms with E-state index in [4.69, 9.17) is 16.3 Å². The fraction of sp³-hybridized carbons (Fsp3) is 0.600. The molecule has 2 aliphatic heterocycles. The minimum Gasteiger partial charge on any atom is -0.464 e. The number of carbonyl (C=O) groups excluding carboxylic acids is 4. The van der Waals surface area contributed by atoms with Crippen molar-refractivity contribution in [1.82, 2.24) is 19.9 Å². The van der Waals surface area contributed by atoms with Crippen LogP contribution in [0.4, 0.5) is 0 Å². The fourth-order valence-electron chi connectivity index (χ4n) is 3.66. The molecule has 1 aromatic heterocycles. The van der Waals surface area contributed by atoms with E-state index in [0.717, 1.165) is 23.8 Å². The van der Waals surface area contributed by atoms with E-state index in [0.29, 0.717) is 0 Å². The number of halogens is 1. The number of amides is 1. The standard InChI is InChI=1S/C15H17ClN4O9S/c1-15(5-19-10(13(23)28-3)9(17-18-19)12(22)27-2)11(14(24)29-6-16)20-7(21)4-8(20)30(15,25)26/h8,11H,4-6H2,1-3H3/t8-,11-,15-/m0/s1. The number of methoxy groups -OCH3 is 2. The summed E-state index contributed by atoms with van der Waals surface area (Å²) in [6.07, 6.45) is -0.294. The molecule has 0 aliphatic carbocycles. The maximum atomic E-state index is 13.2. The van der Waals surface area contributed by atoms with E-state index >= 15 is 0 Å². The number of rotatable bonds is 6. The number of esters is 3. The summed E-state index contributed by atoms with van der Waals surface area (Å²) in [5, 5.41) is 6.02. The molecule has 2 aliphatic rings. The topological polar surface area (TPSA) is 164 Å². The molecule has 0 unspecified atom stereocenters. The molecule has 0 spiro atoms. The Balaban J connectivity index is 2.13. The van der Waals surface area contributed by atoms with Crippen molar-refractivity contribution >= 4 is 45.3 Å². The molecule has 30 heavy (non-hydrogen) atoms. The number of sulfone groups is 1. The Bertz CT molecular complexity index is 1040. The van der Waals surface area contributed by atoms with Gasteiger partial charge in [0.25, 0.3) is 0 Å². The van der Waals surface area contributed by atoms with Gasteiger partial charge in [-0.15, -0.1) is 5.10 Å². The fourth-order valence-corrected chi connectivity index (χ4v) is 6.11. The number of nitrogens with zero attached hydrogens (tertiary/aromatic N) is 4. The van der Waals surface area contributed by atoms with Crippen LogP contribution in [0.1, 0.15) is 34.3 Å². The molecule has 15 heteroatoms. The Hall–Kier alpha value is -2.74. The molecule has 1 amide bonds. The lowest BCUT2D eigenvalue weighted by atomic mass is 9.96. The van der Waals surface area contributed by atoms with Gasteiger partial charge < -0.3 is 19.1 Å². The van der Waals surface area contributed by atoms with Gasteiger partial charge in [-0.25, -0.2) is 27.5 Å². The normalized spacial score (nSPS) is 26.5. The molecule has 1 aromatic rings. The Kier molecular flexibility index (Phi) is 5.49. The van der Waals surface area contributed by atoms with Crippen LogP contribution in [-0.2, 0) is 40.2 Å². The van der Waals surface area contributed by atoms with Crippen LogP contribution in [0, 0.1) is 0 Å². The summed E-state index contributed by atoms with van der Waals surface area (Å²) >= 11 is 5.44. The molecule has 0 aromatic carbocycles. The first-order chi connectivity index (χ1) is 14.0. The monoisotopic (exact) mass is 464 g/mol. The third-order valence-corrected chi connectivity index (χ3v) is 8.06. The molecule has 3 heterocycles. The smallest absolute Gasteiger partial charge is 0.361 e. The number of hydrogen-bond donors (Lipinski definition) is 0. The van der Waals surface area contributed by atoms with E-state index in [1.54, 1.807) is 0 Å². The molecule has 3 rings (SSSR count). The average molecular weight is 465 g/mol. The third-order valence-electron chi connectivity index (χ3n) is 5.19. The van der Waals surface area contributed by atoms with E-state index in [1.165, 1.54) is 6.92 Å². The van der Waals surface area contributed by atoms with Crippen LogP contribution in [0.2, 0.25) is 0 Å². The minimum atomic E-state index is -4.13. The molecule has 0 saturated carbocycles. The van der Waals surface area contributed by atoms with Gasteiger partial charge in [0.1, 0.15) is 10.1 Å². The number of fused-ring (bicyclic) bond motifs is 1. The zero-order chi connectivity index (χ0) is 22.4. The number of ether oxygens (including phenoxy) is 3. The highest BCUT2D eigenvalue weighted by Crippen LogP contribution is 2.47. The second kappa shape index (κ2) is 7.50. The van der Waals surface area contributed by atoms with Crippen LogP contribution >= 0.6 is 11.6 Å². The second-order valence-electron chi connectivity index (χ2n) is 6.72. The van der Waals surface area contributed by atoms with Crippen LogP contribution in [0.5, 0.6) is 0 Å². The van der Waals surface area contributed by atoms with E-state index in [9.17, 15) is 27.6 Å². The molecule has 2 fully saturated rings. The van der Waals surface area contributed by atoms with E-state index in [2.05, 4.69) is 19.8 Å². The van der Waals surface area contributed by atoms with E-state index < -0.39 is 73.8 Å². The maximum absolute atomic E-state index is 13.2. The van der Waals surface area contributed by atoms with Crippen molar-refractivity contribution in [3.63, 3.8) is 0 Å². The van der Waals surface area contributed by atoms with Gasteiger partial charge in [0, 0.05) is 0 Å².